The average Bonchev–Trinajstić information content (AvgIpc) is 2.58. The quantitative estimate of drug-likeness (QED) is 0.539. The molecule has 0 radical (unpaired) electrons. The standard InChI is InChI=1S/C16H22ClN3O6S/c1-4-18-16(23)19-13(21)9-26-15(22)14(10(2)3)20-27(24,25)12-7-5-11(17)6-8-12/h5-8,10,14,20H,4,9H2,1-3H3,(H2,18,19,21,23). The molecule has 0 saturated heterocycles. The number of esters is 1. The van der Waals surface area contributed by atoms with Crippen LogP contribution >= 0.6 is 11.6 Å². The highest BCUT2D eigenvalue weighted by molar-refractivity contribution is 7.89. The Bertz CT molecular complexity index is 780. The van der Waals surface area contributed by atoms with Crippen LogP contribution in [0.2, 0.25) is 5.02 Å². The molecule has 3 amide bonds. The molecule has 1 atom stereocenters. The maximum atomic E-state index is 12.4. The third-order valence-electron chi connectivity index (χ3n) is 3.26. The summed E-state index contributed by atoms with van der Waals surface area (Å²) in [4.78, 5) is 34.9. The zero-order chi connectivity index (χ0) is 20.6. The Labute approximate surface area is 162 Å². The lowest BCUT2D eigenvalue weighted by molar-refractivity contribution is -0.150. The molecule has 0 aliphatic heterocycles. The first-order valence-corrected chi connectivity index (χ1v) is 9.95. The van der Waals surface area contributed by atoms with E-state index in [0.29, 0.717) is 11.6 Å². The van der Waals surface area contributed by atoms with Crippen LogP contribution in [0.3, 0.4) is 0 Å². The van der Waals surface area contributed by atoms with Gasteiger partial charge in [-0.15, -0.1) is 0 Å². The van der Waals surface area contributed by atoms with Gasteiger partial charge in [0.15, 0.2) is 6.61 Å². The highest BCUT2D eigenvalue weighted by Gasteiger charge is 2.30. The van der Waals surface area contributed by atoms with Crippen LogP contribution in [-0.4, -0.2) is 45.5 Å². The van der Waals surface area contributed by atoms with E-state index in [1.807, 2.05) is 5.32 Å². The Morgan fingerprint density at radius 1 is 1.15 bits per heavy atom. The number of benzene rings is 1. The molecule has 3 N–H and O–H groups in total. The fourth-order valence-electron chi connectivity index (χ4n) is 1.90. The van der Waals surface area contributed by atoms with Gasteiger partial charge in [0.2, 0.25) is 10.0 Å². The molecule has 0 heterocycles. The van der Waals surface area contributed by atoms with Gasteiger partial charge in [-0.25, -0.2) is 13.2 Å². The number of hydrogen-bond donors (Lipinski definition) is 3. The lowest BCUT2D eigenvalue weighted by atomic mass is 10.1. The number of ether oxygens (including phenoxy) is 1. The Morgan fingerprint density at radius 3 is 2.26 bits per heavy atom. The summed E-state index contributed by atoms with van der Waals surface area (Å²) in [6.45, 7) is 4.50. The second-order valence-electron chi connectivity index (χ2n) is 5.81. The number of urea groups is 1. The number of amides is 3. The van der Waals surface area contributed by atoms with E-state index >= 15 is 0 Å². The molecule has 0 aliphatic carbocycles. The number of hydrogen-bond acceptors (Lipinski definition) is 6. The number of halogens is 1. The molecule has 1 unspecified atom stereocenters. The van der Waals surface area contributed by atoms with Crippen molar-refractivity contribution in [1.29, 1.82) is 0 Å². The largest absolute Gasteiger partial charge is 0.454 e. The Kier molecular flexibility index (Phi) is 8.67. The summed E-state index contributed by atoms with van der Waals surface area (Å²) >= 11 is 5.74. The van der Waals surface area contributed by atoms with E-state index in [-0.39, 0.29) is 4.90 Å². The molecule has 9 nitrogen and oxygen atoms in total. The normalized spacial score (nSPS) is 12.3. The first kappa shape index (κ1) is 22.9. The number of imide groups is 1. The molecule has 0 saturated carbocycles. The monoisotopic (exact) mass is 419 g/mol. The lowest BCUT2D eigenvalue weighted by Gasteiger charge is -2.20. The summed E-state index contributed by atoms with van der Waals surface area (Å²) in [6.07, 6.45) is 0. The van der Waals surface area contributed by atoms with Crippen molar-refractivity contribution >= 4 is 39.5 Å². The second-order valence-corrected chi connectivity index (χ2v) is 7.96. The van der Waals surface area contributed by atoms with Crippen molar-refractivity contribution in [1.82, 2.24) is 15.4 Å². The SMILES string of the molecule is CCNC(=O)NC(=O)COC(=O)C(NS(=O)(=O)c1ccc(Cl)cc1)C(C)C. The smallest absolute Gasteiger partial charge is 0.324 e. The van der Waals surface area contributed by atoms with E-state index in [2.05, 4.69) is 10.0 Å². The number of carbonyl (C=O) groups excluding carboxylic acids is 3. The Hall–Kier alpha value is -2.17. The van der Waals surface area contributed by atoms with Crippen LogP contribution in [0, 0.1) is 5.92 Å². The van der Waals surface area contributed by atoms with E-state index in [0.717, 1.165) is 0 Å². The van der Waals surface area contributed by atoms with Gasteiger partial charge in [0.25, 0.3) is 5.91 Å². The van der Waals surface area contributed by atoms with Gasteiger partial charge in [-0.05, 0) is 37.1 Å². The van der Waals surface area contributed by atoms with E-state index < -0.39 is 46.5 Å². The van der Waals surface area contributed by atoms with Gasteiger partial charge >= 0.3 is 12.0 Å². The predicted octanol–water partition coefficient (Wildman–Crippen LogP) is 1.03. The fraction of sp³-hybridized carbons (Fsp3) is 0.438. The summed E-state index contributed by atoms with van der Waals surface area (Å²) in [5, 5.41) is 4.68. The topological polar surface area (TPSA) is 131 Å². The van der Waals surface area contributed by atoms with Crippen LogP contribution in [0.25, 0.3) is 0 Å². The molecular formula is C16H22ClN3O6S. The maximum absolute atomic E-state index is 12.4. The van der Waals surface area contributed by atoms with Crippen molar-refractivity contribution < 1.29 is 27.5 Å². The second kappa shape index (κ2) is 10.2. The summed E-state index contributed by atoms with van der Waals surface area (Å²) in [7, 11) is -4.01. The van der Waals surface area contributed by atoms with Gasteiger partial charge in [0, 0.05) is 11.6 Å². The fourth-order valence-corrected chi connectivity index (χ4v) is 3.36. The molecular weight excluding hydrogens is 398 g/mol. The highest BCUT2D eigenvalue weighted by atomic mass is 35.5. The molecule has 150 valence electrons. The van der Waals surface area contributed by atoms with Gasteiger partial charge in [0.1, 0.15) is 6.04 Å². The van der Waals surface area contributed by atoms with E-state index in [1.165, 1.54) is 24.3 Å². The average molecular weight is 420 g/mol. The Balaban J connectivity index is 2.74. The van der Waals surface area contributed by atoms with Crippen molar-refractivity contribution in [2.75, 3.05) is 13.2 Å². The highest BCUT2D eigenvalue weighted by Crippen LogP contribution is 2.16. The van der Waals surface area contributed by atoms with E-state index in [9.17, 15) is 22.8 Å². The molecule has 1 aromatic rings. The Morgan fingerprint density at radius 2 is 1.74 bits per heavy atom. The van der Waals surface area contributed by atoms with Crippen LogP contribution in [0.5, 0.6) is 0 Å². The zero-order valence-corrected chi connectivity index (χ0v) is 16.7. The predicted molar refractivity (Wildman–Crippen MR) is 98.6 cm³/mol. The van der Waals surface area contributed by atoms with Gasteiger partial charge < -0.3 is 10.1 Å². The molecule has 0 aliphatic rings. The summed E-state index contributed by atoms with van der Waals surface area (Å²) in [5.41, 5.74) is 0. The van der Waals surface area contributed by atoms with E-state index in [1.54, 1.807) is 20.8 Å². The van der Waals surface area contributed by atoms with E-state index in [4.69, 9.17) is 16.3 Å². The summed E-state index contributed by atoms with van der Waals surface area (Å²) in [6, 6.07) is 3.47. The number of sulfonamides is 1. The van der Waals surface area contributed by atoms with Gasteiger partial charge in [0.05, 0.1) is 4.90 Å². The molecule has 27 heavy (non-hydrogen) atoms. The number of nitrogens with one attached hydrogen (secondary N) is 3. The molecule has 0 fully saturated rings. The first-order valence-electron chi connectivity index (χ1n) is 8.09. The van der Waals surface area contributed by atoms with Crippen molar-refractivity contribution in [3.8, 4) is 0 Å². The zero-order valence-electron chi connectivity index (χ0n) is 15.1. The lowest BCUT2D eigenvalue weighted by Crippen LogP contribution is -2.47. The maximum Gasteiger partial charge on any atom is 0.324 e. The molecule has 0 spiro atoms. The number of carbonyl (C=O) groups is 3. The van der Waals surface area contributed by atoms with Crippen LogP contribution in [0.15, 0.2) is 29.2 Å². The van der Waals surface area contributed by atoms with Crippen molar-refractivity contribution in [2.24, 2.45) is 5.92 Å². The molecule has 0 bridgehead atoms. The van der Waals surface area contributed by atoms with Crippen molar-refractivity contribution in [3.05, 3.63) is 29.3 Å². The van der Waals surface area contributed by atoms with Gasteiger partial charge in [-0.3, -0.25) is 14.9 Å². The van der Waals surface area contributed by atoms with Crippen molar-refractivity contribution in [2.45, 2.75) is 31.7 Å². The van der Waals surface area contributed by atoms with Gasteiger partial charge in [-0.2, -0.15) is 4.72 Å². The van der Waals surface area contributed by atoms with Crippen molar-refractivity contribution in [3.63, 3.8) is 0 Å². The minimum Gasteiger partial charge on any atom is -0.454 e. The minimum atomic E-state index is -4.01. The van der Waals surface area contributed by atoms with Crippen LogP contribution in [0.1, 0.15) is 20.8 Å². The van der Waals surface area contributed by atoms with Crippen LogP contribution in [0.4, 0.5) is 4.79 Å². The molecule has 1 aromatic carbocycles. The molecule has 11 heteroatoms. The first-order chi connectivity index (χ1) is 12.6. The summed E-state index contributed by atoms with van der Waals surface area (Å²) in [5.74, 6) is -2.23. The summed E-state index contributed by atoms with van der Waals surface area (Å²) < 4.78 is 31.9. The van der Waals surface area contributed by atoms with Crippen LogP contribution in [-0.2, 0) is 24.3 Å². The third-order valence-corrected chi connectivity index (χ3v) is 4.97. The number of rotatable bonds is 8. The molecule has 1 rings (SSSR count). The van der Waals surface area contributed by atoms with Gasteiger partial charge in [-0.1, -0.05) is 25.4 Å². The molecule has 0 aromatic heterocycles. The minimum absolute atomic E-state index is 0.0701. The van der Waals surface area contributed by atoms with Crippen LogP contribution < -0.4 is 15.4 Å². The third kappa shape index (κ3) is 7.53.